The molecule has 0 radical (unpaired) electrons. The Balaban J connectivity index is 1.17. The Morgan fingerprint density at radius 1 is 1.09 bits per heavy atom. The molecule has 0 bridgehead atoms. The summed E-state index contributed by atoms with van der Waals surface area (Å²) in [5, 5.41) is 10.4. The molecule has 5 aromatic rings. The lowest BCUT2D eigenvalue weighted by molar-refractivity contribution is -0.141. The fourth-order valence-electron chi connectivity index (χ4n) is 6.19. The number of pyridine rings is 1. The van der Waals surface area contributed by atoms with Gasteiger partial charge in [-0.15, -0.1) is 5.10 Å². The van der Waals surface area contributed by atoms with E-state index in [9.17, 15) is 18.0 Å². The fraction of sp³-hybridized carbons (Fsp3) is 0.200. The van der Waals surface area contributed by atoms with Gasteiger partial charge in [-0.05, 0) is 54.3 Å². The molecule has 0 saturated heterocycles. The van der Waals surface area contributed by atoms with Crippen LogP contribution in [0.3, 0.4) is 0 Å². The topological polar surface area (TPSA) is 103 Å². The molecule has 44 heavy (non-hydrogen) atoms. The monoisotopic (exact) mass is 621 g/mol. The van der Waals surface area contributed by atoms with E-state index in [1.54, 1.807) is 28.8 Å². The summed E-state index contributed by atoms with van der Waals surface area (Å²) in [5.41, 5.74) is 2.44. The van der Waals surface area contributed by atoms with Crippen molar-refractivity contribution in [2.45, 2.75) is 24.6 Å². The number of hydrogen-bond donors (Lipinski definition) is 2. The van der Waals surface area contributed by atoms with Crippen LogP contribution in [0.25, 0.3) is 28.1 Å². The zero-order chi connectivity index (χ0) is 30.5. The van der Waals surface area contributed by atoms with E-state index in [1.165, 1.54) is 18.2 Å². The number of anilines is 1. The summed E-state index contributed by atoms with van der Waals surface area (Å²) in [4.78, 5) is 21.0. The van der Waals surface area contributed by atoms with Crippen LogP contribution in [0.1, 0.15) is 35.6 Å². The van der Waals surface area contributed by atoms with Crippen molar-refractivity contribution >= 4 is 17.3 Å². The molecule has 9 nitrogen and oxygen atoms in total. The van der Waals surface area contributed by atoms with E-state index in [2.05, 4.69) is 32.2 Å². The molecule has 14 heteroatoms. The minimum atomic E-state index is -4.67. The summed E-state index contributed by atoms with van der Waals surface area (Å²) in [6.07, 6.45) is -3.11. The third kappa shape index (κ3) is 4.21. The molecule has 0 spiro atoms. The Morgan fingerprint density at radius 2 is 1.93 bits per heavy atom. The lowest BCUT2D eigenvalue weighted by Gasteiger charge is -2.21. The SMILES string of the molecule is C=C1COc2cc(-c3nc(C4C5CC5c5cc(-c6cc(Cl)ccc6-n6cc(C(F)(F)F)nn6)cc(=O)n54)[nH]c3F)ccc2N1. The zero-order valence-electron chi connectivity index (χ0n) is 22.5. The molecule has 222 valence electrons. The number of ether oxygens (including phenoxy) is 1. The van der Waals surface area contributed by atoms with Crippen LogP contribution in [0, 0.1) is 11.9 Å². The minimum absolute atomic E-state index is 0.0296. The summed E-state index contributed by atoms with van der Waals surface area (Å²) in [7, 11) is 0. The van der Waals surface area contributed by atoms with Crippen molar-refractivity contribution in [1.82, 2.24) is 29.5 Å². The molecule has 1 fully saturated rings. The van der Waals surface area contributed by atoms with E-state index in [0.717, 1.165) is 28.7 Å². The first-order chi connectivity index (χ1) is 21.0. The standard InChI is InChI=1S/C30H20ClF4N7O2/c1-13-12-44-23-7-14(2-4-20(23)36-13)26-28(32)38-29(37-26)27-19-10-18(19)22-6-15(8-25(43)42(22)27)17-9-16(31)3-5-21(17)41-11-24(39-40-41)30(33,34)35/h2-9,11,18-19,27,36H,1,10,12H2,(H,37,38). The number of imidazole rings is 1. The van der Waals surface area contributed by atoms with Crippen molar-refractivity contribution in [2.24, 2.45) is 5.92 Å². The number of halogens is 5. The van der Waals surface area contributed by atoms with Crippen LogP contribution in [0.5, 0.6) is 5.75 Å². The number of benzene rings is 2. The number of alkyl halides is 3. The van der Waals surface area contributed by atoms with Crippen molar-refractivity contribution in [3.05, 3.63) is 106 Å². The van der Waals surface area contributed by atoms with Gasteiger partial charge in [0.2, 0.25) is 5.95 Å². The second-order valence-corrected chi connectivity index (χ2v) is 11.5. The molecule has 2 aliphatic heterocycles. The van der Waals surface area contributed by atoms with Gasteiger partial charge >= 0.3 is 6.18 Å². The molecule has 3 aliphatic rings. The van der Waals surface area contributed by atoms with Gasteiger partial charge in [-0.1, -0.05) is 29.5 Å². The van der Waals surface area contributed by atoms with Gasteiger partial charge in [-0.3, -0.25) is 4.79 Å². The third-order valence-electron chi connectivity index (χ3n) is 8.23. The number of H-pyrrole nitrogens is 1. The fourth-order valence-corrected chi connectivity index (χ4v) is 6.37. The number of rotatable bonds is 4. The zero-order valence-corrected chi connectivity index (χ0v) is 23.2. The second kappa shape index (κ2) is 9.29. The number of aromatic amines is 1. The average molecular weight is 622 g/mol. The van der Waals surface area contributed by atoms with Gasteiger partial charge < -0.3 is 19.6 Å². The van der Waals surface area contributed by atoms with Crippen molar-refractivity contribution in [3.8, 4) is 33.8 Å². The second-order valence-electron chi connectivity index (χ2n) is 11.0. The van der Waals surface area contributed by atoms with Crippen LogP contribution in [-0.2, 0) is 6.18 Å². The van der Waals surface area contributed by atoms with Crippen LogP contribution in [0.15, 0.2) is 71.8 Å². The molecule has 0 amide bonds. The van der Waals surface area contributed by atoms with E-state index in [4.69, 9.17) is 16.3 Å². The minimum Gasteiger partial charge on any atom is -0.485 e. The van der Waals surface area contributed by atoms with Crippen LogP contribution in [0.4, 0.5) is 23.2 Å². The van der Waals surface area contributed by atoms with E-state index in [1.807, 2.05) is 6.07 Å². The molecule has 3 aromatic heterocycles. The van der Waals surface area contributed by atoms with Crippen molar-refractivity contribution in [2.75, 3.05) is 11.9 Å². The number of aromatic nitrogens is 6. The number of nitrogens with zero attached hydrogens (tertiary/aromatic N) is 5. The third-order valence-corrected chi connectivity index (χ3v) is 8.46. The summed E-state index contributed by atoms with van der Waals surface area (Å²) in [6, 6.07) is 12.5. The average Bonchev–Trinajstić information content (AvgIpc) is 3.28. The summed E-state index contributed by atoms with van der Waals surface area (Å²) in [5.74, 6) is 0.317. The summed E-state index contributed by atoms with van der Waals surface area (Å²) in [6.45, 7) is 4.15. The first kappa shape index (κ1) is 26.7. The molecule has 8 rings (SSSR count). The van der Waals surface area contributed by atoms with Gasteiger partial charge in [0.1, 0.15) is 23.9 Å². The van der Waals surface area contributed by atoms with Gasteiger partial charge in [0.05, 0.1) is 23.6 Å². The van der Waals surface area contributed by atoms with Crippen LogP contribution >= 0.6 is 11.6 Å². The molecular formula is C30H20ClF4N7O2. The first-order valence-electron chi connectivity index (χ1n) is 13.6. The predicted octanol–water partition coefficient (Wildman–Crippen LogP) is 6.32. The highest BCUT2D eigenvalue weighted by Crippen LogP contribution is 2.60. The Hall–Kier alpha value is -4.91. The van der Waals surface area contributed by atoms with Crippen molar-refractivity contribution in [1.29, 1.82) is 0 Å². The van der Waals surface area contributed by atoms with Crippen molar-refractivity contribution in [3.63, 3.8) is 0 Å². The van der Waals surface area contributed by atoms with Crippen LogP contribution < -0.4 is 15.6 Å². The Bertz CT molecular complexity index is 2080. The molecule has 3 atom stereocenters. The largest absolute Gasteiger partial charge is 0.485 e. The lowest BCUT2D eigenvalue weighted by atomic mass is 10.0. The quantitative estimate of drug-likeness (QED) is 0.228. The van der Waals surface area contributed by atoms with Gasteiger partial charge in [0, 0.05) is 39.5 Å². The highest BCUT2D eigenvalue weighted by Gasteiger charge is 2.54. The van der Waals surface area contributed by atoms with E-state index < -0.39 is 23.9 Å². The maximum atomic E-state index is 15.3. The summed E-state index contributed by atoms with van der Waals surface area (Å²) >= 11 is 6.27. The number of nitrogens with one attached hydrogen (secondary N) is 2. The highest BCUT2D eigenvalue weighted by molar-refractivity contribution is 6.31. The smallest absolute Gasteiger partial charge is 0.436 e. The van der Waals surface area contributed by atoms with E-state index >= 15 is 4.39 Å². The van der Waals surface area contributed by atoms with Crippen LogP contribution in [0.2, 0.25) is 5.02 Å². The maximum Gasteiger partial charge on any atom is 0.436 e. The normalized spacial score (nSPS) is 20.0. The van der Waals surface area contributed by atoms with E-state index in [0.29, 0.717) is 45.6 Å². The molecule has 5 heterocycles. The van der Waals surface area contributed by atoms with Crippen LogP contribution in [-0.4, -0.2) is 36.1 Å². The molecule has 2 aromatic carbocycles. The maximum absolute atomic E-state index is 15.3. The molecular weight excluding hydrogens is 602 g/mol. The van der Waals surface area contributed by atoms with Gasteiger partial charge in [0.15, 0.2) is 5.69 Å². The van der Waals surface area contributed by atoms with Crippen molar-refractivity contribution < 1.29 is 22.3 Å². The van der Waals surface area contributed by atoms with E-state index in [-0.39, 0.29) is 28.8 Å². The van der Waals surface area contributed by atoms with Gasteiger partial charge in [-0.2, -0.15) is 17.6 Å². The van der Waals surface area contributed by atoms with Gasteiger partial charge in [0.25, 0.3) is 5.56 Å². The molecule has 1 saturated carbocycles. The first-order valence-corrected chi connectivity index (χ1v) is 14.0. The highest BCUT2D eigenvalue weighted by atomic mass is 35.5. The Morgan fingerprint density at radius 3 is 2.73 bits per heavy atom. The number of hydrogen-bond acceptors (Lipinski definition) is 6. The summed E-state index contributed by atoms with van der Waals surface area (Å²) < 4.78 is 63.2. The molecule has 2 N–H and O–H groups in total. The molecule has 1 aliphatic carbocycles. The molecule has 3 unspecified atom stereocenters. The predicted molar refractivity (Wildman–Crippen MR) is 152 cm³/mol. The Kier molecular flexibility index (Phi) is 5.64. The number of fused-ring (bicyclic) bond motifs is 4. The lowest BCUT2D eigenvalue weighted by Crippen LogP contribution is -2.26. The Labute approximate surface area is 250 Å². The van der Waals surface area contributed by atoms with Gasteiger partial charge in [-0.25, -0.2) is 9.67 Å².